The molecule has 0 radical (unpaired) electrons. The molecule has 178 valence electrons. The van der Waals surface area contributed by atoms with Gasteiger partial charge in [0, 0.05) is 11.6 Å². The molecule has 0 bridgehead atoms. The Labute approximate surface area is 204 Å². The minimum atomic E-state index is -4.04. The summed E-state index contributed by atoms with van der Waals surface area (Å²) in [6.45, 7) is 3.28. The molecule has 1 aliphatic rings. The van der Waals surface area contributed by atoms with E-state index >= 15 is 0 Å². The molecule has 0 aliphatic carbocycles. The van der Waals surface area contributed by atoms with Crippen LogP contribution in [0, 0.1) is 0 Å². The van der Waals surface area contributed by atoms with E-state index in [9.17, 15) is 18.3 Å². The highest BCUT2D eigenvalue weighted by Gasteiger charge is 2.31. The van der Waals surface area contributed by atoms with E-state index in [2.05, 4.69) is 0 Å². The van der Waals surface area contributed by atoms with E-state index in [1.807, 2.05) is 44.2 Å². The number of ether oxygens (including phenoxy) is 1. The molecular formula is C26H26ClNO5S. The second-order valence-electron chi connectivity index (χ2n) is 9.01. The van der Waals surface area contributed by atoms with Gasteiger partial charge >= 0.3 is 5.97 Å². The zero-order valence-electron chi connectivity index (χ0n) is 19.0. The van der Waals surface area contributed by atoms with E-state index in [1.54, 1.807) is 30.3 Å². The largest absolute Gasteiger partial charge is 0.488 e. The summed E-state index contributed by atoms with van der Waals surface area (Å²) in [7, 11) is -4.04. The molecule has 0 saturated heterocycles. The number of carboxylic acid groups (broad SMARTS) is 1. The first kappa shape index (κ1) is 24.3. The number of nitrogens with zero attached hydrogens (tertiary/aromatic N) is 1. The van der Waals surface area contributed by atoms with Crippen molar-refractivity contribution >= 4 is 27.6 Å². The van der Waals surface area contributed by atoms with Crippen LogP contribution in [0.15, 0.2) is 71.6 Å². The first-order valence-electron chi connectivity index (χ1n) is 10.9. The van der Waals surface area contributed by atoms with E-state index in [-0.39, 0.29) is 17.0 Å². The minimum Gasteiger partial charge on any atom is -0.488 e. The number of carbonyl (C=O) groups is 1. The first-order chi connectivity index (χ1) is 16.0. The fourth-order valence-corrected chi connectivity index (χ4v) is 5.61. The lowest BCUT2D eigenvalue weighted by Crippen LogP contribution is -2.36. The lowest BCUT2D eigenvalue weighted by Gasteiger charge is -2.33. The Morgan fingerprint density at radius 3 is 2.47 bits per heavy atom. The van der Waals surface area contributed by atoms with Crippen LogP contribution in [0.3, 0.4) is 0 Å². The Bertz CT molecular complexity index is 1320. The molecule has 0 unspecified atom stereocenters. The predicted octanol–water partition coefficient (Wildman–Crippen LogP) is 5.39. The lowest BCUT2D eigenvalue weighted by molar-refractivity contribution is -0.137. The van der Waals surface area contributed by atoms with Gasteiger partial charge in [-0.15, -0.1) is 0 Å². The van der Waals surface area contributed by atoms with E-state index in [0.29, 0.717) is 22.8 Å². The second kappa shape index (κ2) is 9.41. The van der Waals surface area contributed by atoms with Crippen LogP contribution < -0.4 is 4.74 Å². The highest BCUT2D eigenvalue weighted by molar-refractivity contribution is 7.89. The maximum atomic E-state index is 13.4. The molecule has 0 fully saturated rings. The number of hydrogen-bond donors (Lipinski definition) is 1. The monoisotopic (exact) mass is 499 g/mol. The number of aryl methyl sites for hydroxylation is 1. The van der Waals surface area contributed by atoms with Gasteiger partial charge in [0.15, 0.2) is 0 Å². The maximum absolute atomic E-state index is 13.4. The summed E-state index contributed by atoms with van der Waals surface area (Å²) < 4.78 is 33.8. The third kappa shape index (κ3) is 5.43. The van der Waals surface area contributed by atoms with Crippen LogP contribution in [-0.2, 0) is 27.8 Å². The van der Waals surface area contributed by atoms with Crippen molar-refractivity contribution in [1.29, 1.82) is 0 Å². The Hall–Kier alpha value is -2.87. The van der Waals surface area contributed by atoms with Crippen molar-refractivity contribution < 1.29 is 23.1 Å². The maximum Gasteiger partial charge on any atom is 0.318 e. The number of aliphatic carboxylic acids is 1. The molecule has 1 heterocycles. The van der Waals surface area contributed by atoms with Crippen LogP contribution in [0.2, 0.25) is 5.02 Å². The Balaban J connectivity index is 1.60. The van der Waals surface area contributed by atoms with Crippen LogP contribution in [0.25, 0.3) is 11.1 Å². The number of hydrogen-bond acceptors (Lipinski definition) is 4. The van der Waals surface area contributed by atoms with Crippen LogP contribution in [-0.4, -0.2) is 35.9 Å². The molecular weight excluding hydrogens is 474 g/mol. The van der Waals surface area contributed by atoms with Crippen molar-refractivity contribution in [2.45, 2.75) is 43.7 Å². The molecule has 0 spiro atoms. The van der Waals surface area contributed by atoms with Gasteiger partial charge in [-0.1, -0.05) is 48.0 Å². The molecule has 0 atom stereocenters. The molecule has 8 heteroatoms. The van der Waals surface area contributed by atoms with Gasteiger partial charge in [-0.05, 0) is 79.3 Å². The molecule has 0 saturated carbocycles. The number of benzene rings is 3. The average molecular weight is 500 g/mol. The van der Waals surface area contributed by atoms with Gasteiger partial charge in [-0.25, -0.2) is 8.42 Å². The fraction of sp³-hybridized carbons (Fsp3) is 0.269. The van der Waals surface area contributed by atoms with Crippen molar-refractivity contribution in [3.05, 3.63) is 82.9 Å². The summed E-state index contributed by atoms with van der Waals surface area (Å²) in [5, 5.41) is 10.0. The van der Waals surface area contributed by atoms with Gasteiger partial charge in [0.05, 0.1) is 4.90 Å². The second-order valence-corrected chi connectivity index (χ2v) is 11.4. The van der Waals surface area contributed by atoms with Crippen LogP contribution in [0.4, 0.5) is 0 Å². The summed E-state index contributed by atoms with van der Waals surface area (Å²) in [5.74, 6) is -0.557. The molecule has 1 N–H and O–H groups in total. The van der Waals surface area contributed by atoms with Crippen molar-refractivity contribution in [1.82, 2.24) is 4.31 Å². The van der Waals surface area contributed by atoms with Crippen molar-refractivity contribution in [2.24, 2.45) is 0 Å². The first-order valence-corrected chi connectivity index (χ1v) is 12.7. The summed E-state index contributed by atoms with van der Waals surface area (Å²) in [5.41, 5.74) is 3.05. The van der Waals surface area contributed by atoms with Crippen LogP contribution in [0.1, 0.15) is 31.4 Å². The van der Waals surface area contributed by atoms with Gasteiger partial charge in [-0.3, -0.25) is 4.79 Å². The van der Waals surface area contributed by atoms with Crippen LogP contribution >= 0.6 is 11.6 Å². The summed E-state index contributed by atoms with van der Waals surface area (Å²) in [4.78, 5) is 11.6. The number of carboxylic acids is 1. The van der Waals surface area contributed by atoms with Gasteiger partial charge in [0.2, 0.25) is 10.0 Å². The average Bonchev–Trinajstić information content (AvgIpc) is 2.78. The molecule has 34 heavy (non-hydrogen) atoms. The summed E-state index contributed by atoms with van der Waals surface area (Å²) in [6.07, 6.45) is 1.46. The normalized spacial score (nSPS) is 14.9. The van der Waals surface area contributed by atoms with Crippen LogP contribution in [0.5, 0.6) is 5.75 Å². The minimum absolute atomic E-state index is 0.0614. The molecule has 0 aromatic heterocycles. The molecule has 6 nitrogen and oxygen atoms in total. The van der Waals surface area contributed by atoms with E-state index in [4.69, 9.17) is 16.3 Å². The molecule has 1 aliphatic heterocycles. The van der Waals surface area contributed by atoms with Gasteiger partial charge in [0.1, 0.15) is 17.9 Å². The number of sulfonamides is 1. The zero-order valence-corrected chi connectivity index (χ0v) is 20.6. The van der Waals surface area contributed by atoms with Crippen molar-refractivity contribution in [3.8, 4) is 16.9 Å². The van der Waals surface area contributed by atoms with Crippen molar-refractivity contribution in [2.75, 3.05) is 6.54 Å². The predicted molar refractivity (Wildman–Crippen MR) is 132 cm³/mol. The highest BCUT2D eigenvalue weighted by atomic mass is 35.5. The van der Waals surface area contributed by atoms with Gasteiger partial charge in [0.25, 0.3) is 0 Å². The molecule has 0 amide bonds. The summed E-state index contributed by atoms with van der Waals surface area (Å²) in [6, 6.07) is 19.5. The summed E-state index contributed by atoms with van der Waals surface area (Å²) >= 11 is 6.07. The highest BCUT2D eigenvalue weighted by Crippen LogP contribution is 2.35. The van der Waals surface area contributed by atoms with E-state index in [1.165, 1.54) is 6.07 Å². The van der Waals surface area contributed by atoms with Crippen molar-refractivity contribution in [3.63, 3.8) is 0 Å². The Morgan fingerprint density at radius 1 is 1.06 bits per heavy atom. The number of fused-ring (bicyclic) bond motifs is 1. The zero-order chi connectivity index (χ0) is 24.5. The Kier molecular flexibility index (Phi) is 6.71. The number of halogens is 1. The number of rotatable bonds is 7. The SMILES string of the molecule is CC1(C)CCc2cc(S(=O)(=O)N(CC(=O)O)Cc3ccc(-c4cccc(Cl)c4)cc3)ccc2O1. The topological polar surface area (TPSA) is 83.9 Å². The molecule has 4 rings (SSSR count). The van der Waals surface area contributed by atoms with E-state index < -0.39 is 22.5 Å². The third-order valence-corrected chi connectivity index (χ3v) is 7.86. The third-order valence-electron chi connectivity index (χ3n) is 5.83. The smallest absolute Gasteiger partial charge is 0.318 e. The molecule has 3 aromatic carbocycles. The molecule has 3 aromatic rings. The van der Waals surface area contributed by atoms with Gasteiger partial charge < -0.3 is 9.84 Å². The van der Waals surface area contributed by atoms with E-state index in [0.717, 1.165) is 27.4 Å². The Morgan fingerprint density at radius 2 is 1.79 bits per heavy atom. The lowest BCUT2D eigenvalue weighted by atomic mass is 9.94. The van der Waals surface area contributed by atoms with Gasteiger partial charge in [-0.2, -0.15) is 4.31 Å². The standard InChI is InChI=1S/C26H26ClNO5S/c1-26(2)13-12-21-15-23(10-11-24(21)33-26)34(31,32)28(17-25(29)30)16-18-6-8-19(9-7-18)20-4-3-5-22(27)14-20/h3-11,14-15H,12-13,16-17H2,1-2H3,(H,29,30). The fourth-order valence-electron chi connectivity index (χ4n) is 4.00. The quantitative estimate of drug-likeness (QED) is 0.471.